The summed E-state index contributed by atoms with van der Waals surface area (Å²) in [5.74, 6) is -6.14. The van der Waals surface area contributed by atoms with Gasteiger partial charge in [-0.2, -0.15) is 0 Å². The maximum Gasteiger partial charge on any atom is 0.371 e. The Hall–Kier alpha value is -3.66. The van der Waals surface area contributed by atoms with E-state index in [4.69, 9.17) is 43.4 Å². The summed E-state index contributed by atoms with van der Waals surface area (Å²) in [6.45, 7) is 2.25. The Bertz CT molecular complexity index is 827. The first-order chi connectivity index (χ1) is 17.1. The van der Waals surface area contributed by atoms with Crippen molar-refractivity contribution < 1.29 is 53.9 Å². The predicted octanol–water partition coefficient (Wildman–Crippen LogP) is -1.17. The van der Waals surface area contributed by atoms with Gasteiger partial charge in [0.15, 0.2) is 5.78 Å². The van der Waals surface area contributed by atoms with Gasteiger partial charge in [0.05, 0.1) is 7.11 Å². The van der Waals surface area contributed by atoms with E-state index in [0.29, 0.717) is 44.7 Å². The third kappa shape index (κ3) is 20.3. The second kappa shape index (κ2) is 21.6. The SMILES string of the molecule is C/C(=C\C(=O)O)C(=O)O.CO/C(=C/C(=O)[C@@](N)(C=O)CCCCN)C(=O)O.NCCCC[C@H](N)C(=O)O. The number of unbranched alkanes of at least 4 members (excludes halogenated alkanes) is 2. The third-order valence-electron chi connectivity index (χ3n) is 4.37. The number of carbonyl (C=O) groups excluding carboxylic acids is 2. The molecular formula is C22H38N4O11. The molecule has 0 aromatic heterocycles. The Morgan fingerprint density at radius 2 is 1.41 bits per heavy atom. The van der Waals surface area contributed by atoms with Crippen LogP contribution in [-0.4, -0.2) is 88.2 Å². The molecule has 0 aromatic rings. The van der Waals surface area contributed by atoms with Crippen molar-refractivity contribution in [3.05, 3.63) is 23.5 Å². The van der Waals surface area contributed by atoms with Crippen LogP contribution in [0.5, 0.6) is 0 Å². The average Bonchev–Trinajstić information content (AvgIpc) is 2.82. The molecule has 2 atom stereocenters. The number of carboxylic acid groups (broad SMARTS) is 4. The molecule has 0 saturated heterocycles. The van der Waals surface area contributed by atoms with Crippen molar-refractivity contribution in [1.82, 2.24) is 0 Å². The molecule has 0 amide bonds. The van der Waals surface area contributed by atoms with Gasteiger partial charge >= 0.3 is 23.9 Å². The Kier molecular flexibility index (Phi) is 22.1. The summed E-state index contributed by atoms with van der Waals surface area (Å²) in [7, 11) is 1.11. The van der Waals surface area contributed by atoms with Crippen LogP contribution in [0.3, 0.4) is 0 Å². The maximum absolute atomic E-state index is 11.8. The summed E-state index contributed by atoms with van der Waals surface area (Å²) in [5.41, 5.74) is 19.4. The number of carboxylic acids is 4. The number of ether oxygens (including phenoxy) is 1. The van der Waals surface area contributed by atoms with Crippen LogP contribution in [0.1, 0.15) is 45.4 Å². The van der Waals surface area contributed by atoms with Crippen LogP contribution in [0.2, 0.25) is 0 Å². The van der Waals surface area contributed by atoms with Crippen LogP contribution < -0.4 is 22.9 Å². The van der Waals surface area contributed by atoms with Crippen molar-refractivity contribution in [3.8, 4) is 0 Å². The largest absolute Gasteiger partial charge is 0.490 e. The minimum absolute atomic E-state index is 0.111. The first-order valence-corrected chi connectivity index (χ1v) is 10.9. The second-order valence-corrected chi connectivity index (χ2v) is 7.49. The van der Waals surface area contributed by atoms with E-state index in [1.165, 1.54) is 6.92 Å². The van der Waals surface area contributed by atoms with Gasteiger partial charge in [-0.1, -0.05) is 6.42 Å². The molecule has 0 heterocycles. The van der Waals surface area contributed by atoms with Gasteiger partial charge in [-0.3, -0.25) is 9.59 Å². The van der Waals surface area contributed by atoms with Gasteiger partial charge in [-0.15, -0.1) is 0 Å². The predicted molar refractivity (Wildman–Crippen MR) is 131 cm³/mol. The quantitative estimate of drug-likeness (QED) is 0.0380. The lowest BCUT2D eigenvalue weighted by Gasteiger charge is -2.19. The van der Waals surface area contributed by atoms with Crippen LogP contribution in [0.25, 0.3) is 0 Å². The van der Waals surface area contributed by atoms with Gasteiger partial charge in [0, 0.05) is 17.7 Å². The maximum atomic E-state index is 11.8. The molecule has 0 saturated carbocycles. The van der Waals surface area contributed by atoms with Crippen molar-refractivity contribution in [2.24, 2.45) is 22.9 Å². The molecule has 0 spiro atoms. The van der Waals surface area contributed by atoms with Crippen molar-refractivity contribution >= 4 is 35.9 Å². The van der Waals surface area contributed by atoms with E-state index in [2.05, 4.69) is 4.74 Å². The van der Waals surface area contributed by atoms with Gasteiger partial charge in [-0.25, -0.2) is 14.4 Å². The van der Waals surface area contributed by atoms with E-state index >= 15 is 0 Å². The molecule has 0 unspecified atom stereocenters. The molecule has 15 nitrogen and oxygen atoms in total. The van der Waals surface area contributed by atoms with E-state index in [0.717, 1.165) is 26.0 Å². The number of ketones is 1. The van der Waals surface area contributed by atoms with Crippen LogP contribution in [-0.2, 0) is 33.5 Å². The normalized spacial score (nSPS) is 13.4. The molecule has 0 radical (unpaired) electrons. The average molecular weight is 535 g/mol. The molecule has 15 heteroatoms. The van der Waals surface area contributed by atoms with E-state index in [1.54, 1.807) is 0 Å². The van der Waals surface area contributed by atoms with Crippen molar-refractivity contribution in [2.45, 2.75) is 57.0 Å². The highest BCUT2D eigenvalue weighted by atomic mass is 16.5. The number of hydrogen-bond donors (Lipinski definition) is 8. The highest BCUT2D eigenvalue weighted by Crippen LogP contribution is 2.12. The molecule has 0 fully saturated rings. The topological polar surface area (TPSA) is 297 Å². The number of carbonyl (C=O) groups is 6. The van der Waals surface area contributed by atoms with Gasteiger partial charge < -0.3 is 52.9 Å². The standard InChI is InChI=1S/C11H18N2O5.C6H14N2O2.C5H6O4/c1-18-8(10(16)17)6-9(15)11(13,7-14)4-2-3-5-12;7-4-2-1-3-5(8)6(9)10;1-3(5(8)9)2-4(6)7/h6-7H,2-5,12-13H2,1H3,(H,16,17);5H,1-4,7-8H2,(H,9,10);2H,1H3,(H,6,7)(H,8,9)/b8-6+;;3-2+/t11-;5-;/m00./s1. The first-order valence-electron chi connectivity index (χ1n) is 10.9. The molecule has 0 rings (SSSR count). The molecule has 0 aliphatic rings. The summed E-state index contributed by atoms with van der Waals surface area (Å²) in [6.07, 6.45) is 5.08. The zero-order chi connectivity index (χ0) is 29.6. The van der Waals surface area contributed by atoms with Crippen LogP contribution >= 0.6 is 0 Å². The minimum Gasteiger partial charge on any atom is -0.490 e. The monoisotopic (exact) mass is 534 g/mol. The van der Waals surface area contributed by atoms with Gasteiger partial charge in [0.1, 0.15) is 17.9 Å². The fraction of sp³-hybridized carbons (Fsp3) is 0.545. The van der Waals surface area contributed by atoms with Gasteiger partial charge in [-0.05, 0) is 52.1 Å². The molecule has 12 N–H and O–H groups in total. The third-order valence-corrected chi connectivity index (χ3v) is 4.37. The minimum atomic E-state index is -1.73. The van der Waals surface area contributed by atoms with Crippen LogP contribution in [0.15, 0.2) is 23.5 Å². The number of nitrogens with two attached hydrogens (primary N) is 4. The van der Waals surface area contributed by atoms with E-state index in [1.807, 2.05) is 0 Å². The Morgan fingerprint density at radius 3 is 1.73 bits per heavy atom. The second-order valence-electron chi connectivity index (χ2n) is 7.49. The number of hydrogen-bond acceptors (Lipinski definition) is 11. The van der Waals surface area contributed by atoms with E-state index in [9.17, 15) is 28.8 Å². The smallest absolute Gasteiger partial charge is 0.371 e. The summed E-state index contributed by atoms with van der Waals surface area (Å²) in [5, 5.41) is 33.1. The van der Waals surface area contributed by atoms with Gasteiger partial charge in [0.2, 0.25) is 5.76 Å². The molecule has 37 heavy (non-hydrogen) atoms. The van der Waals surface area contributed by atoms with E-state index in [-0.39, 0.29) is 12.0 Å². The summed E-state index contributed by atoms with van der Waals surface area (Å²) >= 11 is 0. The fourth-order valence-electron chi connectivity index (χ4n) is 2.14. The number of rotatable bonds is 16. The summed E-state index contributed by atoms with van der Waals surface area (Å²) in [6, 6.07) is -0.716. The Labute approximate surface area is 214 Å². The lowest BCUT2D eigenvalue weighted by molar-refractivity contribution is -0.139. The molecular weight excluding hydrogens is 496 g/mol. The molecule has 0 aliphatic heterocycles. The highest BCUT2D eigenvalue weighted by Gasteiger charge is 2.32. The van der Waals surface area contributed by atoms with Crippen molar-refractivity contribution in [2.75, 3.05) is 20.2 Å². The zero-order valence-corrected chi connectivity index (χ0v) is 20.9. The van der Waals surface area contributed by atoms with Crippen molar-refractivity contribution in [1.29, 1.82) is 0 Å². The first kappa shape index (κ1) is 37.9. The van der Waals surface area contributed by atoms with E-state index < -0.39 is 47.0 Å². The lowest BCUT2D eigenvalue weighted by atomic mass is 9.90. The summed E-state index contributed by atoms with van der Waals surface area (Å²) < 4.78 is 4.50. The fourth-order valence-corrected chi connectivity index (χ4v) is 2.14. The highest BCUT2D eigenvalue weighted by molar-refractivity contribution is 6.11. The molecule has 212 valence electrons. The molecule has 0 aromatic carbocycles. The molecule has 0 bridgehead atoms. The number of methoxy groups -OCH3 is 1. The summed E-state index contributed by atoms with van der Waals surface area (Å²) in [4.78, 5) is 63.1. The lowest BCUT2D eigenvalue weighted by Crippen LogP contribution is -2.49. The van der Waals surface area contributed by atoms with Crippen molar-refractivity contribution in [3.63, 3.8) is 0 Å². The Balaban J connectivity index is -0.000000515. The zero-order valence-electron chi connectivity index (χ0n) is 20.9. The van der Waals surface area contributed by atoms with Crippen LogP contribution in [0.4, 0.5) is 0 Å². The molecule has 0 aliphatic carbocycles. The van der Waals surface area contributed by atoms with Gasteiger partial charge in [0.25, 0.3) is 0 Å². The number of aldehydes is 1. The Morgan fingerprint density at radius 1 is 0.892 bits per heavy atom. The number of aliphatic carboxylic acids is 4. The van der Waals surface area contributed by atoms with Crippen LogP contribution in [0, 0.1) is 0 Å².